The highest BCUT2D eigenvalue weighted by Gasteiger charge is 2.23. The monoisotopic (exact) mass is 599 g/mol. The number of anilines is 2. The summed E-state index contributed by atoms with van der Waals surface area (Å²) in [5, 5.41) is 6.61. The number of methoxy groups -OCH3 is 2. The Morgan fingerprint density at radius 1 is 1.05 bits per heavy atom. The van der Waals surface area contributed by atoms with E-state index in [4.69, 9.17) is 37.4 Å². The summed E-state index contributed by atoms with van der Waals surface area (Å²) in [4.78, 5) is 35.2. The number of pyridine rings is 1. The molecule has 0 radical (unpaired) electrons. The van der Waals surface area contributed by atoms with Crippen LogP contribution in [0.4, 0.5) is 16.4 Å². The highest BCUT2D eigenvalue weighted by atomic mass is 35.5. The molecule has 0 unspecified atom stereocenters. The maximum Gasteiger partial charge on any atom is 0.412 e. The predicted octanol–water partition coefficient (Wildman–Crippen LogP) is 6.41. The Morgan fingerprint density at radius 2 is 1.73 bits per heavy atom. The van der Waals surface area contributed by atoms with Crippen LogP contribution in [0.2, 0.25) is 10.0 Å². The Hall–Kier alpha value is -4.02. The molecule has 0 saturated heterocycles. The molecule has 0 bridgehead atoms. The lowest BCUT2D eigenvalue weighted by Gasteiger charge is -2.20. The molecule has 41 heavy (non-hydrogen) atoms. The van der Waals surface area contributed by atoms with Gasteiger partial charge in [-0.1, -0.05) is 35.3 Å². The first-order valence-electron chi connectivity index (χ1n) is 12.7. The van der Waals surface area contributed by atoms with Crippen LogP contribution in [0, 0.1) is 0 Å². The van der Waals surface area contributed by atoms with Gasteiger partial charge in [0.25, 0.3) is 5.56 Å². The number of hydrogen-bond donors (Lipinski definition) is 2. The zero-order valence-corrected chi connectivity index (χ0v) is 25.1. The Morgan fingerprint density at radius 3 is 2.34 bits per heavy atom. The SMILES string of the molecule is CNc1ncc2cc(-c3c(Cl)c(OC)cc(OC)c3Cl)c(=O)n(CCc3cccc(NC(=O)OC(C)(C)C)c3)c2n1. The van der Waals surface area contributed by atoms with Crippen molar-refractivity contribution < 1.29 is 19.0 Å². The summed E-state index contributed by atoms with van der Waals surface area (Å²) in [7, 11) is 4.63. The van der Waals surface area contributed by atoms with Crippen molar-refractivity contribution in [3.05, 3.63) is 68.6 Å². The third-order valence-corrected chi connectivity index (χ3v) is 6.84. The molecule has 0 atom stereocenters. The summed E-state index contributed by atoms with van der Waals surface area (Å²) < 4.78 is 17.7. The second-order valence-corrected chi connectivity index (χ2v) is 10.9. The standard InChI is InChI=1S/C29H31Cl2N5O5/c1-29(2,3)41-28(38)34-18-9-7-8-16(12-18)10-11-36-25-17(15-33-27(32-4)35-25)13-19(26(36)37)22-23(30)20(39-5)14-21(40-6)24(22)31/h7-9,12-15H,10-11H2,1-6H3,(H,34,38)(H,32,33,35). The lowest BCUT2D eigenvalue weighted by atomic mass is 10.0. The second-order valence-electron chi connectivity index (χ2n) is 10.1. The summed E-state index contributed by atoms with van der Waals surface area (Å²) in [6.07, 6.45) is 1.52. The Kier molecular flexibility index (Phi) is 8.94. The van der Waals surface area contributed by atoms with E-state index in [0.717, 1.165) is 5.56 Å². The van der Waals surface area contributed by atoms with Crippen molar-refractivity contribution in [2.75, 3.05) is 31.9 Å². The van der Waals surface area contributed by atoms with Gasteiger partial charge >= 0.3 is 6.09 Å². The molecule has 2 aromatic carbocycles. The normalized spacial score (nSPS) is 11.3. The lowest BCUT2D eigenvalue weighted by molar-refractivity contribution is 0.0636. The number of amides is 1. The molecule has 0 aliphatic heterocycles. The number of ether oxygens (including phenoxy) is 3. The number of carbonyl (C=O) groups is 1. The van der Waals surface area contributed by atoms with Gasteiger partial charge in [0, 0.05) is 42.5 Å². The molecular weight excluding hydrogens is 569 g/mol. The summed E-state index contributed by atoms with van der Waals surface area (Å²) >= 11 is 13.3. The Bertz CT molecular complexity index is 1640. The van der Waals surface area contributed by atoms with E-state index >= 15 is 0 Å². The van der Waals surface area contributed by atoms with E-state index in [1.165, 1.54) is 14.2 Å². The minimum absolute atomic E-state index is 0.176. The van der Waals surface area contributed by atoms with E-state index in [9.17, 15) is 9.59 Å². The van der Waals surface area contributed by atoms with Crippen molar-refractivity contribution in [1.29, 1.82) is 0 Å². The van der Waals surface area contributed by atoms with E-state index in [-0.39, 0.29) is 33.3 Å². The van der Waals surface area contributed by atoms with Gasteiger partial charge in [0.2, 0.25) is 5.95 Å². The van der Waals surface area contributed by atoms with Gasteiger partial charge in [0.15, 0.2) is 0 Å². The second kappa shape index (κ2) is 12.2. The van der Waals surface area contributed by atoms with Crippen LogP contribution in [-0.4, -0.2) is 47.5 Å². The van der Waals surface area contributed by atoms with E-state index in [1.807, 2.05) is 18.2 Å². The summed E-state index contributed by atoms with van der Waals surface area (Å²) in [6, 6.07) is 10.5. The van der Waals surface area contributed by atoms with Gasteiger partial charge in [-0.2, -0.15) is 4.98 Å². The third kappa shape index (κ3) is 6.66. The molecular formula is C29H31Cl2N5O5. The average Bonchev–Trinajstić information content (AvgIpc) is 2.92. The van der Waals surface area contributed by atoms with Gasteiger partial charge in [-0.25, -0.2) is 9.78 Å². The highest BCUT2D eigenvalue weighted by molar-refractivity contribution is 6.41. The van der Waals surface area contributed by atoms with Crippen molar-refractivity contribution in [2.24, 2.45) is 0 Å². The van der Waals surface area contributed by atoms with Crippen LogP contribution in [-0.2, 0) is 17.7 Å². The van der Waals surface area contributed by atoms with E-state index in [0.29, 0.717) is 40.6 Å². The zero-order valence-electron chi connectivity index (χ0n) is 23.6. The largest absolute Gasteiger partial charge is 0.495 e. The molecule has 2 aromatic heterocycles. The van der Waals surface area contributed by atoms with Gasteiger partial charge < -0.3 is 19.5 Å². The maximum absolute atomic E-state index is 14.1. The molecule has 216 valence electrons. The quantitative estimate of drug-likeness (QED) is 0.238. The maximum atomic E-state index is 14.1. The number of benzene rings is 2. The molecule has 4 rings (SSSR count). The third-order valence-electron chi connectivity index (χ3n) is 6.09. The molecule has 1 amide bonds. The smallest absolute Gasteiger partial charge is 0.412 e. The number of carbonyl (C=O) groups excluding carboxylic acids is 1. The average molecular weight is 601 g/mol. The van der Waals surface area contributed by atoms with Gasteiger partial charge in [0.1, 0.15) is 22.7 Å². The van der Waals surface area contributed by atoms with Crippen LogP contribution in [0.25, 0.3) is 22.2 Å². The van der Waals surface area contributed by atoms with E-state index in [2.05, 4.69) is 20.6 Å². The van der Waals surface area contributed by atoms with Crippen LogP contribution in [0.1, 0.15) is 26.3 Å². The summed E-state index contributed by atoms with van der Waals surface area (Å²) in [5.74, 6) is 0.983. The first kappa shape index (κ1) is 30.0. The first-order valence-corrected chi connectivity index (χ1v) is 13.5. The Labute approximate surface area is 247 Å². The fourth-order valence-electron chi connectivity index (χ4n) is 4.26. The fraction of sp³-hybridized carbons (Fsp3) is 0.310. The molecule has 2 heterocycles. The number of hydrogen-bond acceptors (Lipinski definition) is 8. The number of halogens is 2. The van der Waals surface area contributed by atoms with Crippen LogP contribution in [0.15, 0.2) is 47.4 Å². The molecule has 2 N–H and O–H groups in total. The number of nitrogens with zero attached hydrogens (tertiary/aromatic N) is 3. The van der Waals surface area contributed by atoms with Crippen molar-refractivity contribution in [3.63, 3.8) is 0 Å². The number of fused-ring (bicyclic) bond motifs is 1. The van der Waals surface area contributed by atoms with Crippen LogP contribution in [0.3, 0.4) is 0 Å². The molecule has 0 fully saturated rings. The van der Waals surface area contributed by atoms with Crippen LogP contribution >= 0.6 is 23.2 Å². The van der Waals surface area contributed by atoms with E-state index in [1.54, 1.807) is 56.8 Å². The minimum Gasteiger partial charge on any atom is -0.495 e. The number of aryl methyl sites for hydroxylation is 2. The van der Waals surface area contributed by atoms with Crippen LogP contribution < -0.4 is 25.7 Å². The molecule has 4 aromatic rings. The van der Waals surface area contributed by atoms with Crippen LogP contribution in [0.5, 0.6) is 11.5 Å². The van der Waals surface area contributed by atoms with Gasteiger partial charge in [-0.05, 0) is 51.0 Å². The first-order chi connectivity index (χ1) is 19.4. The van der Waals surface area contributed by atoms with Crippen molar-refractivity contribution in [3.8, 4) is 22.6 Å². The summed E-state index contributed by atoms with van der Waals surface area (Å²) in [6.45, 7) is 5.65. The minimum atomic E-state index is -0.623. The predicted molar refractivity (Wildman–Crippen MR) is 162 cm³/mol. The number of rotatable bonds is 8. The lowest BCUT2D eigenvalue weighted by Crippen LogP contribution is -2.27. The number of nitrogens with one attached hydrogen (secondary N) is 2. The molecule has 12 heteroatoms. The van der Waals surface area contributed by atoms with Crippen molar-refractivity contribution in [2.45, 2.75) is 39.3 Å². The molecule has 10 nitrogen and oxygen atoms in total. The van der Waals surface area contributed by atoms with Gasteiger partial charge in [0.05, 0.1) is 29.8 Å². The zero-order chi connectivity index (χ0) is 29.9. The Balaban J connectivity index is 1.78. The van der Waals surface area contributed by atoms with Gasteiger partial charge in [-0.3, -0.25) is 14.7 Å². The topological polar surface area (TPSA) is 117 Å². The highest BCUT2D eigenvalue weighted by Crippen LogP contribution is 2.45. The van der Waals surface area contributed by atoms with Crippen molar-refractivity contribution in [1.82, 2.24) is 14.5 Å². The molecule has 0 saturated carbocycles. The van der Waals surface area contributed by atoms with Crippen molar-refractivity contribution >= 4 is 52.0 Å². The van der Waals surface area contributed by atoms with E-state index < -0.39 is 11.7 Å². The molecule has 0 aliphatic rings. The number of aromatic nitrogens is 3. The summed E-state index contributed by atoms with van der Waals surface area (Å²) in [5.41, 5.74) is 1.43. The molecule has 0 spiro atoms. The molecule has 0 aliphatic carbocycles. The van der Waals surface area contributed by atoms with Gasteiger partial charge in [-0.15, -0.1) is 0 Å². The fourth-order valence-corrected chi connectivity index (χ4v) is 4.96.